The summed E-state index contributed by atoms with van der Waals surface area (Å²) in [6, 6.07) is 13.9. The first kappa shape index (κ1) is 21.7. The lowest BCUT2D eigenvalue weighted by molar-refractivity contribution is 0.0725. The van der Waals surface area contributed by atoms with E-state index in [2.05, 4.69) is 14.8 Å². The van der Waals surface area contributed by atoms with Crippen molar-refractivity contribution in [1.29, 1.82) is 0 Å². The van der Waals surface area contributed by atoms with Gasteiger partial charge in [0, 0.05) is 24.5 Å². The Balaban J connectivity index is 1.31. The Hall–Kier alpha value is -2.83. The Morgan fingerprint density at radius 2 is 1.76 bits per heavy atom. The summed E-state index contributed by atoms with van der Waals surface area (Å²) in [5.74, 6) is 1.55. The standard InChI is InChI=1S/C27H28ClN3O3/c28-26-16-22(27(32)31-12-3-4-20(31)9-13-30-10-1-2-11-30)21-14-18(5-7-23(21)29-26)19-6-8-24-25(15-19)34-17-33-24/h5-8,14-16,20H,1-4,9-13,17H2/t20-/m0/s1. The Kier molecular flexibility index (Phi) is 5.79. The SMILES string of the molecule is O=C(c1cc(Cl)nc2ccc(-c3ccc4c(c3)OCO4)cc12)N1CCC[C@H]1CCN1CCCC1. The summed E-state index contributed by atoms with van der Waals surface area (Å²) < 4.78 is 11.0. The minimum atomic E-state index is 0.0565. The van der Waals surface area contributed by atoms with Crippen LogP contribution in [0.5, 0.6) is 11.5 Å². The van der Waals surface area contributed by atoms with Gasteiger partial charge < -0.3 is 19.3 Å². The number of carbonyl (C=O) groups is 1. The third kappa shape index (κ3) is 4.10. The molecule has 0 aliphatic carbocycles. The molecule has 6 nitrogen and oxygen atoms in total. The minimum absolute atomic E-state index is 0.0565. The van der Waals surface area contributed by atoms with Crippen LogP contribution in [0.3, 0.4) is 0 Å². The van der Waals surface area contributed by atoms with Crippen molar-refractivity contribution in [3.8, 4) is 22.6 Å². The molecule has 6 rings (SSSR count). The molecule has 0 bridgehead atoms. The number of ether oxygens (including phenoxy) is 2. The summed E-state index contributed by atoms with van der Waals surface area (Å²) in [7, 11) is 0. The van der Waals surface area contributed by atoms with Gasteiger partial charge in [-0.05, 0) is 86.7 Å². The second-order valence-corrected chi connectivity index (χ2v) is 9.81. The number of amides is 1. The zero-order valence-electron chi connectivity index (χ0n) is 19.1. The molecule has 0 spiro atoms. The maximum Gasteiger partial charge on any atom is 0.254 e. The number of pyridine rings is 1. The van der Waals surface area contributed by atoms with E-state index in [4.69, 9.17) is 21.1 Å². The zero-order chi connectivity index (χ0) is 23.1. The highest BCUT2D eigenvalue weighted by molar-refractivity contribution is 6.30. The number of carbonyl (C=O) groups excluding carboxylic acids is 1. The molecule has 0 saturated carbocycles. The molecular weight excluding hydrogens is 450 g/mol. The number of halogens is 1. The van der Waals surface area contributed by atoms with Crippen molar-refractivity contribution in [2.24, 2.45) is 0 Å². The maximum absolute atomic E-state index is 13.8. The summed E-state index contributed by atoms with van der Waals surface area (Å²) in [4.78, 5) is 22.9. The smallest absolute Gasteiger partial charge is 0.254 e. The van der Waals surface area contributed by atoms with Crippen LogP contribution in [0.25, 0.3) is 22.0 Å². The van der Waals surface area contributed by atoms with Gasteiger partial charge in [-0.1, -0.05) is 23.7 Å². The molecule has 0 N–H and O–H groups in total. The van der Waals surface area contributed by atoms with Gasteiger partial charge in [-0.3, -0.25) is 4.79 Å². The Morgan fingerprint density at radius 3 is 2.65 bits per heavy atom. The van der Waals surface area contributed by atoms with E-state index in [1.165, 1.54) is 25.9 Å². The van der Waals surface area contributed by atoms with Crippen LogP contribution in [0, 0.1) is 0 Å². The van der Waals surface area contributed by atoms with Gasteiger partial charge in [0.05, 0.1) is 11.1 Å². The summed E-state index contributed by atoms with van der Waals surface area (Å²) in [6.45, 7) is 4.49. The van der Waals surface area contributed by atoms with Gasteiger partial charge in [0.1, 0.15) is 5.15 Å². The molecule has 1 aromatic heterocycles. The lowest BCUT2D eigenvalue weighted by Crippen LogP contribution is -2.37. The summed E-state index contributed by atoms with van der Waals surface area (Å²) in [5.41, 5.74) is 3.36. The number of nitrogens with zero attached hydrogens (tertiary/aromatic N) is 3. The molecule has 3 aromatic rings. The molecule has 0 radical (unpaired) electrons. The van der Waals surface area contributed by atoms with Gasteiger partial charge >= 0.3 is 0 Å². The highest BCUT2D eigenvalue weighted by atomic mass is 35.5. The van der Waals surface area contributed by atoms with Crippen LogP contribution in [-0.2, 0) is 0 Å². The van der Waals surface area contributed by atoms with E-state index in [1.54, 1.807) is 6.07 Å². The van der Waals surface area contributed by atoms with E-state index in [0.29, 0.717) is 10.7 Å². The van der Waals surface area contributed by atoms with E-state index in [0.717, 1.165) is 65.9 Å². The van der Waals surface area contributed by atoms with Gasteiger partial charge in [0.25, 0.3) is 5.91 Å². The van der Waals surface area contributed by atoms with Crippen LogP contribution in [0.15, 0.2) is 42.5 Å². The van der Waals surface area contributed by atoms with Crippen molar-refractivity contribution in [2.75, 3.05) is 33.0 Å². The van der Waals surface area contributed by atoms with Crippen LogP contribution in [0.4, 0.5) is 0 Å². The van der Waals surface area contributed by atoms with Crippen molar-refractivity contribution in [3.05, 3.63) is 53.2 Å². The molecule has 4 heterocycles. The molecule has 2 aromatic carbocycles. The molecule has 34 heavy (non-hydrogen) atoms. The van der Waals surface area contributed by atoms with Crippen LogP contribution in [0.1, 0.15) is 42.5 Å². The van der Waals surface area contributed by atoms with E-state index < -0.39 is 0 Å². The van der Waals surface area contributed by atoms with E-state index >= 15 is 0 Å². The first-order chi connectivity index (χ1) is 16.7. The fraction of sp³-hybridized carbons (Fsp3) is 0.407. The summed E-state index contributed by atoms with van der Waals surface area (Å²) in [6.07, 6.45) is 5.74. The Bertz CT molecular complexity index is 1240. The number of likely N-dealkylation sites (tertiary alicyclic amines) is 2. The number of hydrogen-bond donors (Lipinski definition) is 0. The number of rotatable bonds is 5. The number of benzene rings is 2. The summed E-state index contributed by atoms with van der Waals surface area (Å²) >= 11 is 6.36. The molecule has 2 saturated heterocycles. The van der Waals surface area contributed by atoms with Crippen LogP contribution in [-0.4, -0.2) is 59.7 Å². The quantitative estimate of drug-likeness (QED) is 0.462. The average molecular weight is 478 g/mol. The van der Waals surface area contributed by atoms with Crippen molar-refractivity contribution in [2.45, 2.75) is 38.1 Å². The van der Waals surface area contributed by atoms with Gasteiger partial charge in [-0.25, -0.2) is 4.98 Å². The topological polar surface area (TPSA) is 54.9 Å². The van der Waals surface area contributed by atoms with Gasteiger partial charge in [-0.15, -0.1) is 0 Å². The average Bonchev–Trinajstić information content (AvgIpc) is 3.62. The van der Waals surface area contributed by atoms with E-state index in [-0.39, 0.29) is 18.7 Å². The molecule has 1 atom stereocenters. The lowest BCUT2D eigenvalue weighted by atomic mass is 9.99. The Labute approximate surface area is 204 Å². The third-order valence-corrected chi connectivity index (χ3v) is 7.52. The predicted molar refractivity (Wildman–Crippen MR) is 133 cm³/mol. The van der Waals surface area contributed by atoms with Crippen molar-refractivity contribution < 1.29 is 14.3 Å². The van der Waals surface area contributed by atoms with Gasteiger partial charge in [-0.2, -0.15) is 0 Å². The van der Waals surface area contributed by atoms with Gasteiger partial charge in [0.2, 0.25) is 6.79 Å². The fourth-order valence-electron chi connectivity index (χ4n) is 5.52. The maximum atomic E-state index is 13.8. The highest BCUT2D eigenvalue weighted by Gasteiger charge is 2.31. The summed E-state index contributed by atoms with van der Waals surface area (Å²) in [5, 5.41) is 1.18. The Morgan fingerprint density at radius 1 is 0.971 bits per heavy atom. The first-order valence-corrected chi connectivity index (χ1v) is 12.6. The second kappa shape index (κ2) is 9.08. The van der Waals surface area contributed by atoms with Crippen molar-refractivity contribution in [3.63, 3.8) is 0 Å². The first-order valence-electron chi connectivity index (χ1n) is 12.2. The molecular formula is C27H28ClN3O3. The normalized spacial score (nSPS) is 19.9. The zero-order valence-corrected chi connectivity index (χ0v) is 19.9. The molecule has 3 aliphatic rings. The lowest BCUT2D eigenvalue weighted by Gasteiger charge is -2.27. The van der Waals surface area contributed by atoms with Crippen LogP contribution in [0.2, 0.25) is 5.15 Å². The number of fused-ring (bicyclic) bond motifs is 2. The van der Waals surface area contributed by atoms with Gasteiger partial charge in [0.15, 0.2) is 11.5 Å². The second-order valence-electron chi connectivity index (χ2n) is 9.42. The predicted octanol–water partition coefficient (Wildman–Crippen LogP) is 5.37. The number of aromatic nitrogens is 1. The largest absolute Gasteiger partial charge is 0.454 e. The van der Waals surface area contributed by atoms with Crippen LogP contribution < -0.4 is 9.47 Å². The fourth-order valence-corrected chi connectivity index (χ4v) is 5.72. The van der Waals surface area contributed by atoms with E-state index in [9.17, 15) is 4.79 Å². The molecule has 0 unspecified atom stereocenters. The van der Waals surface area contributed by atoms with Crippen molar-refractivity contribution >= 4 is 28.4 Å². The van der Waals surface area contributed by atoms with Crippen LogP contribution >= 0.6 is 11.6 Å². The monoisotopic (exact) mass is 477 g/mol. The molecule has 176 valence electrons. The van der Waals surface area contributed by atoms with Crippen molar-refractivity contribution in [1.82, 2.24) is 14.8 Å². The highest BCUT2D eigenvalue weighted by Crippen LogP contribution is 2.37. The van der Waals surface area contributed by atoms with E-state index in [1.807, 2.05) is 36.4 Å². The minimum Gasteiger partial charge on any atom is -0.454 e. The number of hydrogen-bond acceptors (Lipinski definition) is 5. The molecule has 1 amide bonds. The molecule has 2 fully saturated rings. The molecule has 3 aliphatic heterocycles. The third-order valence-electron chi connectivity index (χ3n) is 7.33. The molecule has 7 heteroatoms.